The molecule has 1 saturated heterocycles. The molecule has 8 heteroatoms. The smallest absolute Gasteiger partial charge is 0.183 e. The van der Waals surface area contributed by atoms with Crippen LogP contribution in [0.15, 0.2) is 30.5 Å². The second-order valence-corrected chi connectivity index (χ2v) is 9.13. The van der Waals surface area contributed by atoms with E-state index in [0.717, 1.165) is 51.5 Å². The van der Waals surface area contributed by atoms with Crippen molar-refractivity contribution >= 4 is 16.5 Å². The van der Waals surface area contributed by atoms with Gasteiger partial charge < -0.3 is 19.7 Å². The Kier molecular flexibility index (Phi) is 6.77. The molecule has 0 bridgehead atoms. The summed E-state index contributed by atoms with van der Waals surface area (Å²) in [5.74, 6) is 2.15. The molecule has 1 aliphatic heterocycles. The maximum Gasteiger partial charge on any atom is 0.183 e. The number of aromatic nitrogens is 3. The molecule has 1 aromatic carbocycles. The largest absolute Gasteiger partial charge is 0.493 e. The van der Waals surface area contributed by atoms with E-state index in [1.807, 2.05) is 25.1 Å². The third-order valence-corrected chi connectivity index (χ3v) is 6.89. The number of likely N-dealkylation sites (tertiary alicyclic amines) is 1. The SMILES string of the molecule is COc1cccc(CNc2nc(C)c(-c3ccn(C[C@H]4CCCN(C)C4)n3)s2)c1OC. The van der Waals surface area contributed by atoms with Crippen LogP contribution in [0.1, 0.15) is 24.1 Å². The van der Waals surface area contributed by atoms with Gasteiger partial charge in [-0.3, -0.25) is 4.68 Å². The number of para-hydroxylation sites is 1. The first-order valence-corrected chi connectivity index (χ1v) is 11.5. The van der Waals surface area contributed by atoms with Crippen molar-refractivity contribution in [2.24, 2.45) is 5.92 Å². The molecule has 31 heavy (non-hydrogen) atoms. The Morgan fingerprint density at radius 1 is 1.23 bits per heavy atom. The van der Waals surface area contributed by atoms with E-state index < -0.39 is 0 Å². The van der Waals surface area contributed by atoms with Crippen molar-refractivity contribution in [3.63, 3.8) is 0 Å². The summed E-state index contributed by atoms with van der Waals surface area (Å²) in [4.78, 5) is 8.24. The van der Waals surface area contributed by atoms with Crippen molar-refractivity contribution in [1.29, 1.82) is 0 Å². The summed E-state index contributed by atoms with van der Waals surface area (Å²) in [6.07, 6.45) is 4.65. The summed E-state index contributed by atoms with van der Waals surface area (Å²) in [7, 11) is 5.52. The van der Waals surface area contributed by atoms with Crippen molar-refractivity contribution in [3.8, 4) is 22.1 Å². The fourth-order valence-corrected chi connectivity index (χ4v) is 5.17. The number of aryl methyl sites for hydroxylation is 1. The fraction of sp³-hybridized carbons (Fsp3) is 0.478. The third kappa shape index (κ3) is 5.02. The van der Waals surface area contributed by atoms with Crippen molar-refractivity contribution < 1.29 is 9.47 Å². The molecule has 1 atom stereocenters. The molecule has 0 radical (unpaired) electrons. The normalized spacial score (nSPS) is 17.0. The van der Waals surface area contributed by atoms with Gasteiger partial charge in [-0.05, 0) is 51.4 Å². The molecule has 0 aliphatic carbocycles. The zero-order chi connectivity index (χ0) is 21.8. The number of nitrogens with one attached hydrogen (secondary N) is 1. The maximum atomic E-state index is 5.53. The summed E-state index contributed by atoms with van der Waals surface area (Å²) in [6, 6.07) is 7.99. The Labute approximate surface area is 188 Å². The number of nitrogens with zero attached hydrogens (tertiary/aromatic N) is 4. The molecule has 3 aromatic rings. The van der Waals surface area contributed by atoms with Crippen LogP contribution in [0, 0.1) is 12.8 Å². The van der Waals surface area contributed by atoms with Gasteiger partial charge in [0.05, 0.1) is 24.8 Å². The first-order valence-electron chi connectivity index (χ1n) is 10.7. The van der Waals surface area contributed by atoms with E-state index in [0.29, 0.717) is 12.5 Å². The number of methoxy groups -OCH3 is 2. The highest BCUT2D eigenvalue weighted by Crippen LogP contribution is 2.34. The van der Waals surface area contributed by atoms with Gasteiger partial charge >= 0.3 is 0 Å². The van der Waals surface area contributed by atoms with Crippen molar-refractivity contribution in [2.45, 2.75) is 32.9 Å². The fourth-order valence-electron chi connectivity index (χ4n) is 4.24. The van der Waals surface area contributed by atoms with Crippen molar-refractivity contribution in [2.75, 3.05) is 39.7 Å². The van der Waals surface area contributed by atoms with E-state index in [9.17, 15) is 0 Å². The third-order valence-electron chi connectivity index (χ3n) is 5.75. The quantitative estimate of drug-likeness (QED) is 0.563. The van der Waals surface area contributed by atoms with Crippen LogP contribution in [-0.2, 0) is 13.1 Å². The van der Waals surface area contributed by atoms with Gasteiger partial charge in [-0.15, -0.1) is 0 Å². The average molecular weight is 442 g/mol. The number of anilines is 1. The standard InChI is InChI=1S/C23H31N5O2S/c1-16-22(19-10-12-28(26-19)15-17-7-6-11-27(2)14-17)31-23(25-16)24-13-18-8-5-9-20(29-3)21(18)30-4/h5,8-10,12,17H,6-7,11,13-15H2,1-4H3,(H,24,25)/t17-/m0/s1. The van der Waals surface area contributed by atoms with Gasteiger partial charge in [-0.1, -0.05) is 23.5 Å². The van der Waals surface area contributed by atoms with Gasteiger partial charge in [0.25, 0.3) is 0 Å². The Hall–Kier alpha value is -2.58. The van der Waals surface area contributed by atoms with E-state index >= 15 is 0 Å². The van der Waals surface area contributed by atoms with Crippen LogP contribution in [0.4, 0.5) is 5.13 Å². The molecule has 4 rings (SSSR count). The average Bonchev–Trinajstić information content (AvgIpc) is 3.37. The minimum atomic E-state index is 0.608. The van der Waals surface area contributed by atoms with Crippen LogP contribution in [-0.4, -0.2) is 54.0 Å². The first-order chi connectivity index (χ1) is 15.1. The number of ether oxygens (including phenoxy) is 2. The van der Waals surface area contributed by atoms with Crippen LogP contribution >= 0.6 is 11.3 Å². The first kappa shape index (κ1) is 21.6. The summed E-state index contributed by atoms with van der Waals surface area (Å²) in [5.41, 5.74) is 3.01. The van der Waals surface area contributed by atoms with Crippen LogP contribution < -0.4 is 14.8 Å². The van der Waals surface area contributed by atoms with Crippen LogP contribution in [0.3, 0.4) is 0 Å². The number of benzene rings is 1. The van der Waals surface area contributed by atoms with Crippen LogP contribution in [0.2, 0.25) is 0 Å². The van der Waals surface area contributed by atoms with Gasteiger partial charge in [-0.2, -0.15) is 5.10 Å². The molecular formula is C23H31N5O2S. The van der Waals surface area contributed by atoms with Gasteiger partial charge in [0.15, 0.2) is 16.6 Å². The summed E-state index contributed by atoms with van der Waals surface area (Å²) < 4.78 is 13.0. The van der Waals surface area contributed by atoms with Crippen molar-refractivity contribution in [3.05, 3.63) is 41.7 Å². The van der Waals surface area contributed by atoms with E-state index in [-0.39, 0.29) is 0 Å². The van der Waals surface area contributed by atoms with Gasteiger partial charge in [0, 0.05) is 31.4 Å². The lowest BCUT2D eigenvalue weighted by atomic mass is 9.99. The molecule has 166 valence electrons. The zero-order valence-electron chi connectivity index (χ0n) is 18.7. The molecule has 1 aliphatic rings. The lowest BCUT2D eigenvalue weighted by molar-refractivity contribution is 0.191. The predicted molar refractivity (Wildman–Crippen MR) is 125 cm³/mol. The number of rotatable bonds is 8. The Morgan fingerprint density at radius 2 is 2.10 bits per heavy atom. The highest BCUT2D eigenvalue weighted by molar-refractivity contribution is 7.19. The van der Waals surface area contributed by atoms with Gasteiger partial charge in [-0.25, -0.2) is 4.98 Å². The summed E-state index contributed by atoms with van der Waals surface area (Å²) in [5, 5.41) is 9.15. The lowest BCUT2D eigenvalue weighted by Crippen LogP contribution is -2.34. The monoisotopic (exact) mass is 441 g/mol. The zero-order valence-corrected chi connectivity index (χ0v) is 19.5. The second kappa shape index (κ2) is 9.70. The Bertz CT molecular complexity index is 1020. The number of thiazole rings is 1. The summed E-state index contributed by atoms with van der Waals surface area (Å²) >= 11 is 1.64. The molecule has 0 amide bonds. The van der Waals surface area contributed by atoms with Crippen LogP contribution in [0.25, 0.3) is 10.6 Å². The molecule has 7 nitrogen and oxygen atoms in total. The topological polar surface area (TPSA) is 64.4 Å². The molecule has 0 saturated carbocycles. The number of piperidine rings is 1. The van der Waals surface area contributed by atoms with E-state index in [1.54, 1.807) is 25.6 Å². The Balaban J connectivity index is 1.43. The van der Waals surface area contributed by atoms with E-state index in [4.69, 9.17) is 19.6 Å². The van der Waals surface area contributed by atoms with E-state index in [2.05, 4.69) is 34.2 Å². The lowest BCUT2D eigenvalue weighted by Gasteiger charge is -2.29. The highest BCUT2D eigenvalue weighted by Gasteiger charge is 2.19. The van der Waals surface area contributed by atoms with Crippen molar-refractivity contribution in [1.82, 2.24) is 19.7 Å². The molecule has 2 aromatic heterocycles. The maximum absolute atomic E-state index is 5.53. The van der Waals surface area contributed by atoms with Crippen LogP contribution in [0.5, 0.6) is 11.5 Å². The molecule has 1 fully saturated rings. The molecule has 0 spiro atoms. The van der Waals surface area contributed by atoms with E-state index in [1.165, 1.54) is 19.4 Å². The Morgan fingerprint density at radius 3 is 2.87 bits per heavy atom. The number of hydrogen-bond acceptors (Lipinski definition) is 7. The summed E-state index contributed by atoms with van der Waals surface area (Å²) in [6.45, 7) is 5.98. The molecular weight excluding hydrogens is 410 g/mol. The predicted octanol–water partition coefficient (Wildman–Crippen LogP) is 4.29. The molecule has 0 unspecified atom stereocenters. The molecule has 1 N–H and O–H groups in total. The van der Waals surface area contributed by atoms with Gasteiger partial charge in [0.1, 0.15) is 5.69 Å². The minimum absolute atomic E-state index is 0.608. The molecule has 3 heterocycles. The highest BCUT2D eigenvalue weighted by atomic mass is 32.1. The second-order valence-electron chi connectivity index (χ2n) is 8.13. The minimum Gasteiger partial charge on any atom is -0.493 e. The van der Waals surface area contributed by atoms with Gasteiger partial charge in [0.2, 0.25) is 0 Å². The number of hydrogen-bond donors (Lipinski definition) is 1.